The van der Waals surface area contributed by atoms with Crippen molar-refractivity contribution in [3.8, 4) is 0 Å². The number of rotatable bonds is 8. The van der Waals surface area contributed by atoms with Crippen LogP contribution in [0.1, 0.15) is 44.0 Å². The Morgan fingerprint density at radius 2 is 2.10 bits per heavy atom. The fourth-order valence-electron chi connectivity index (χ4n) is 2.94. The minimum atomic E-state index is -0.940. The molecule has 12 nitrogen and oxygen atoms in total. The topological polar surface area (TPSA) is 141 Å². The predicted octanol–water partition coefficient (Wildman–Crippen LogP) is 0.812. The molecular formula is C19H27N4O8+. The van der Waals surface area contributed by atoms with Gasteiger partial charge in [0.25, 0.3) is 17.7 Å². The normalized spacial score (nSPS) is 15.8. The average molecular weight is 439 g/mol. The number of amides is 2. The van der Waals surface area contributed by atoms with E-state index < -0.39 is 34.7 Å². The summed E-state index contributed by atoms with van der Waals surface area (Å²) in [5, 5.41) is 11.6. The first-order chi connectivity index (χ1) is 14.6. The highest BCUT2D eigenvalue weighted by Gasteiger charge is 2.38. The van der Waals surface area contributed by atoms with Gasteiger partial charge in [-0.15, -0.1) is 10.1 Å². The first kappa shape index (κ1) is 23.8. The summed E-state index contributed by atoms with van der Waals surface area (Å²) in [6.07, 6.45) is 3.60. The maximum atomic E-state index is 12.5. The summed E-state index contributed by atoms with van der Waals surface area (Å²) in [5.41, 5.74) is -0.380. The Morgan fingerprint density at radius 1 is 1.35 bits per heavy atom. The zero-order valence-corrected chi connectivity index (χ0v) is 17.7. The van der Waals surface area contributed by atoms with E-state index in [0.717, 1.165) is 0 Å². The van der Waals surface area contributed by atoms with E-state index >= 15 is 0 Å². The molecule has 0 spiro atoms. The minimum Gasteiger partial charge on any atom is -0.458 e. The molecule has 1 N–H and O–H groups in total. The number of hydrogen-bond acceptors (Lipinski definition) is 8. The van der Waals surface area contributed by atoms with Crippen LogP contribution in [0.3, 0.4) is 0 Å². The molecular weight excluding hydrogens is 412 g/mol. The standard InChI is InChI=1S/C19H26N4O8/c1-19(2,3)31-17(25)15-7-5-10-22(15)18(26)29-13-21-9-4-6-14(12-21)16(24)20-8-11-30-23(27)28/h4,6,9,12,15H,5,7-8,10-11,13H2,1-3H3/p+1/t15-/m0/s1. The molecule has 2 rings (SSSR count). The second-order valence-corrected chi connectivity index (χ2v) is 7.84. The monoisotopic (exact) mass is 439 g/mol. The molecule has 1 aliphatic rings. The molecule has 1 aromatic rings. The fourth-order valence-corrected chi connectivity index (χ4v) is 2.94. The SMILES string of the molecule is CC(C)(C)OC(=O)[C@@H]1CCCN1C(=O)OC[n+]1cccc(C(=O)NCCO[N+](=O)[O-])c1. The predicted molar refractivity (Wildman–Crippen MR) is 104 cm³/mol. The second-order valence-electron chi connectivity index (χ2n) is 7.84. The van der Waals surface area contributed by atoms with Crippen LogP contribution in [-0.2, 0) is 25.8 Å². The highest BCUT2D eigenvalue weighted by Crippen LogP contribution is 2.21. The van der Waals surface area contributed by atoms with E-state index in [2.05, 4.69) is 10.2 Å². The van der Waals surface area contributed by atoms with Crippen molar-refractivity contribution >= 4 is 18.0 Å². The number of nitrogens with zero attached hydrogens (tertiary/aromatic N) is 3. The molecule has 1 aliphatic heterocycles. The molecule has 0 unspecified atom stereocenters. The maximum absolute atomic E-state index is 12.5. The molecule has 0 saturated carbocycles. The minimum absolute atomic E-state index is 0.0370. The van der Waals surface area contributed by atoms with Crippen molar-refractivity contribution in [2.45, 2.75) is 52.0 Å². The molecule has 1 aromatic heterocycles. The molecule has 1 saturated heterocycles. The van der Waals surface area contributed by atoms with Crippen molar-refractivity contribution in [2.24, 2.45) is 0 Å². The molecule has 170 valence electrons. The number of carbonyl (C=O) groups is 3. The lowest BCUT2D eigenvalue weighted by molar-refractivity contribution is -0.757. The van der Waals surface area contributed by atoms with Crippen molar-refractivity contribution in [2.75, 3.05) is 19.7 Å². The van der Waals surface area contributed by atoms with Crippen molar-refractivity contribution < 1.29 is 38.3 Å². The van der Waals surface area contributed by atoms with Gasteiger partial charge in [-0.1, -0.05) is 0 Å². The van der Waals surface area contributed by atoms with Crippen LogP contribution in [0.15, 0.2) is 24.5 Å². The highest BCUT2D eigenvalue weighted by atomic mass is 16.9. The van der Waals surface area contributed by atoms with Crippen LogP contribution in [0.4, 0.5) is 4.79 Å². The van der Waals surface area contributed by atoms with Gasteiger partial charge in [-0.05, 0) is 39.7 Å². The van der Waals surface area contributed by atoms with E-state index in [9.17, 15) is 24.5 Å². The van der Waals surface area contributed by atoms with Gasteiger partial charge in [0.1, 0.15) is 23.8 Å². The third-order valence-corrected chi connectivity index (χ3v) is 4.21. The van der Waals surface area contributed by atoms with Crippen molar-refractivity contribution in [3.63, 3.8) is 0 Å². The average Bonchev–Trinajstić information content (AvgIpc) is 3.18. The van der Waals surface area contributed by atoms with Crippen LogP contribution in [0.25, 0.3) is 0 Å². The zero-order chi connectivity index (χ0) is 23.0. The van der Waals surface area contributed by atoms with Gasteiger partial charge in [0.2, 0.25) is 0 Å². The molecule has 0 bridgehead atoms. The van der Waals surface area contributed by atoms with E-state index in [1.807, 2.05) is 0 Å². The quantitative estimate of drug-likeness (QED) is 0.206. The summed E-state index contributed by atoms with van der Waals surface area (Å²) < 4.78 is 12.2. The molecule has 12 heteroatoms. The van der Waals surface area contributed by atoms with E-state index in [1.54, 1.807) is 39.1 Å². The first-order valence-corrected chi connectivity index (χ1v) is 9.77. The third kappa shape index (κ3) is 7.72. The number of pyridine rings is 1. The van der Waals surface area contributed by atoms with Crippen LogP contribution in [0, 0.1) is 10.1 Å². The summed E-state index contributed by atoms with van der Waals surface area (Å²) in [6, 6.07) is 2.45. The van der Waals surface area contributed by atoms with Gasteiger partial charge >= 0.3 is 12.1 Å². The number of ether oxygens (including phenoxy) is 2. The van der Waals surface area contributed by atoms with Crippen LogP contribution >= 0.6 is 0 Å². The lowest BCUT2D eigenvalue weighted by Gasteiger charge is -2.26. The molecule has 0 aliphatic carbocycles. The summed E-state index contributed by atoms with van der Waals surface area (Å²) in [6.45, 7) is 5.21. The van der Waals surface area contributed by atoms with Crippen LogP contribution in [0.2, 0.25) is 0 Å². The van der Waals surface area contributed by atoms with Crippen molar-refractivity contribution in [1.82, 2.24) is 10.2 Å². The number of carbonyl (C=O) groups excluding carboxylic acids is 3. The highest BCUT2D eigenvalue weighted by molar-refractivity contribution is 5.93. The zero-order valence-electron chi connectivity index (χ0n) is 17.7. The van der Waals surface area contributed by atoms with Gasteiger partial charge in [0.05, 0.1) is 0 Å². The van der Waals surface area contributed by atoms with E-state index in [0.29, 0.717) is 19.4 Å². The summed E-state index contributed by atoms with van der Waals surface area (Å²) in [4.78, 5) is 52.5. The van der Waals surface area contributed by atoms with Crippen molar-refractivity contribution in [1.29, 1.82) is 0 Å². The second kappa shape index (κ2) is 10.5. The van der Waals surface area contributed by atoms with E-state index in [4.69, 9.17) is 9.47 Å². The largest absolute Gasteiger partial charge is 0.458 e. The molecule has 0 radical (unpaired) electrons. The van der Waals surface area contributed by atoms with E-state index in [1.165, 1.54) is 15.7 Å². The third-order valence-electron chi connectivity index (χ3n) is 4.21. The lowest BCUT2D eigenvalue weighted by Crippen LogP contribution is -2.45. The van der Waals surface area contributed by atoms with Gasteiger partial charge in [-0.2, -0.15) is 4.57 Å². The molecule has 0 aromatic carbocycles. The van der Waals surface area contributed by atoms with Gasteiger partial charge < -0.3 is 19.6 Å². The summed E-state index contributed by atoms with van der Waals surface area (Å²) in [5.74, 6) is -0.925. The van der Waals surface area contributed by atoms with Gasteiger partial charge in [0.15, 0.2) is 12.4 Å². The van der Waals surface area contributed by atoms with Crippen molar-refractivity contribution in [3.05, 3.63) is 40.2 Å². The van der Waals surface area contributed by atoms with Gasteiger partial charge in [-0.3, -0.25) is 9.69 Å². The molecule has 1 atom stereocenters. The number of aromatic nitrogens is 1. The number of hydrogen-bond donors (Lipinski definition) is 1. The number of likely N-dealkylation sites (tertiary alicyclic amines) is 1. The summed E-state index contributed by atoms with van der Waals surface area (Å²) in [7, 11) is 0. The van der Waals surface area contributed by atoms with Crippen LogP contribution in [0.5, 0.6) is 0 Å². The first-order valence-electron chi connectivity index (χ1n) is 9.77. The molecule has 31 heavy (non-hydrogen) atoms. The Morgan fingerprint density at radius 3 is 2.77 bits per heavy atom. The van der Waals surface area contributed by atoms with Gasteiger partial charge in [0, 0.05) is 19.2 Å². The smallest absolute Gasteiger partial charge is 0.415 e. The number of esters is 1. The Hall–Kier alpha value is -3.44. The Balaban J connectivity index is 1.88. The Labute approximate surface area is 179 Å². The Bertz CT molecular complexity index is 823. The Kier molecular flexibility index (Phi) is 8.11. The molecule has 2 heterocycles. The lowest BCUT2D eigenvalue weighted by atomic mass is 10.1. The summed E-state index contributed by atoms with van der Waals surface area (Å²) >= 11 is 0. The maximum Gasteiger partial charge on any atom is 0.415 e. The van der Waals surface area contributed by atoms with Gasteiger partial charge in [-0.25, -0.2) is 9.59 Å². The van der Waals surface area contributed by atoms with Crippen LogP contribution < -0.4 is 9.88 Å². The fraction of sp³-hybridized carbons (Fsp3) is 0.579. The number of nitrogens with one attached hydrogen (secondary N) is 1. The molecule has 2 amide bonds. The molecule has 1 fully saturated rings. The van der Waals surface area contributed by atoms with E-state index in [-0.39, 0.29) is 25.4 Å². The van der Waals surface area contributed by atoms with Crippen LogP contribution in [-0.4, -0.2) is 59.3 Å².